The molecule has 0 bridgehead atoms. The summed E-state index contributed by atoms with van der Waals surface area (Å²) in [6.45, 7) is -1.94. The first kappa shape index (κ1) is 36.5. The zero-order valence-corrected chi connectivity index (χ0v) is 26.7. The zero-order valence-electron chi connectivity index (χ0n) is 20.9. The van der Waals surface area contributed by atoms with E-state index in [1.807, 2.05) is 0 Å². The van der Waals surface area contributed by atoms with E-state index in [-0.39, 0.29) is 76.1 Å². The van der Waals surface area contributed by atoms with Crippen molar-refractivity contribution in [3.8, 4) is 0 Å². The maximum Gasteiger partial charge on any atom is 1.00 e. The average molecular weight is 633 g/mol. The molecule has 8 N–H and O–H groups in total. The van der Waals surface area contributed by atoms with Gasteiger partial charge >= 0.3 is 59.1 Å². The summed E-state index contributed by atoms with van der Waals surface area (Å²) in [7, 11) is -11.6. The van der Waals surface area contributed by atoms with Gasteiger partial charge in [0.15, 0.2) is 24.0 Å². The van der Waals surface area contributed by atoms with Crippen LogP contribution < -0.4 is 74.6 Å². The molecule has 0 amide bonds. The number of aromatic nitrogens is 4. The summed E-state index contributed by atoms with van der Waals surface area (Å²) in [6.07, 6.45) is -13.7. The third-order valence-electron chi connectivity index (χ3n) is 5.68. The van der Waals surface area contributed by atoms with E-state index in [4.69, 9.17) is 20.3 Å². The molecule has 2 aromatic rings. The molecule has 24 heteroatoms. The number of aliphatic hydroxyl groups excluding tert-OH is 6. The fraction of sp³-hybridized carbons (Fsp3) is 0.688. The predicted molar refractivity (Wildman–Crippen MR) is 113 cm³/mol. The van der Waals surface area contributed by atoms with Crippen LogP contribution in [0.2, 0.25) is 0 Å². The molecule has 0 aliphatic carbocycles. The molecular formula is C16H23N5Na2O15P2. The van der Waals surface area contributed by atoms with E-state index in [9.17, 15) is 44.4 Å². The second-order valence-corrected chi connectivity index (χ2v) is 11.1. The van der Waals surface area contributed by atoms with Gasteiger partial charge in [-0.05, 0) is 0 Å². The first-order valence-electron chi connectivity index (χ1n) is 10.7. The van der Waals surface area contributed by atoms with Gasteiger partial charge in [0, 0.05) is 0 Å². The molecule has 2 saturated heterocycles. The maximum absolute atomic E-state index is 12.1. The van der Waals surface area contributed by atoms with E-state index in [0.29, 0.717) is 0 Å². The van der Waals surface area contributed by atoms with E-state index in [2.05, 4.69) is 28.3 Å². The molecule has 4 heterocycles. The number of nitrogen functional groups attached to an aromatic ring is 1. The fourth-order valence-corrected chi connectivity index (χ4v) is 5.85. The molecule has 3 unspecified atom stereocenters. The van der Waals surface area contributed by atoms with Gasteiger partial charge in [0.1, 0.15) is 54.6 Å². The molecule has 2 aliphatic rings. The number of phosphoric ester groups is 2. The van der Waals surface area contributed by atoms with E-state index >= 15 is 0 Å². The largest absolute Gasteiger partial charge is 1.00 e. The van der Waals surface area contributed by atoms with Crippen molar-refractivity contribution < 1.29 is 132 Å². The van der Waals surface area contributed by atoms with Gasteiger partial charge in [-0.3, -0.25) is 18.2 Å². The van der Waals surface area contributed by atoms with E-state index in [0.717, 1.165) is 6.33 Å². The minimum atomic E-state index is -5.88. The van der Waals surface area contributed by atoms with Gasteiger partial charge in [-0.15, -0.1) is 0 Å². The number of imidazole rings is 1. The topological polar surface area (TPSA) is 317 Å². The number of nitrogens with zero attached hydrogens (tertiary/aromatic N) is 4. The van der Waals surface area contributed by atoms with Crippen LogP contribution in [0.4, 0.5) is 5.82 Å². The maximum atomic E-state index is 12.1. The van der Waals surface area contributed by atoms with Gasteiger partial charge in [-0.1, -0.05) is 0 Å². The smallest absolute Gasteiger partial charge is 0.756 e. The van der Waals surface area contributed by atoms with Gasteiger partial charge in [0.25, 0.3) is 15.6 Å². The fourth-order valence-electron chi connectivity index (χ4n) is 3.76. The summed E-state index contributed by atoms with van der Waals surface area (Å²) in [5.41, 5.74) is 6.00. The van der Waals surface area contributed by atoms with Crippen LogP contribution in [0, 0.1) is 0 Å². The van der Waals surface area contributed by atoms with E-state index < -0.39 is 84.1 Å². The molecule has 40 heavy (non-hydrogen) atoms. The van der Waals surface area contributed by atoms with Gasteiger partial charge in [-0.2, -0.15) is 0 Å². The molecule has 4 rings (SSSR count). The number of nitrogens with two attached hydrogens (primary N) is 1. The van der Waals surface area contributed by atoms with E-state index in [1.54, 1.807) is 0 Å². The Hall–Kier alpha value is 0.290. The minimum Gasteiger partial charge on any atom is -0.756 e. The molecule has 2 aromatic heterocycles. The summed E-state index contributed by atoms with van der Waals surface area (Å²) in [5.74, 6) is 0.0269. The number of hydrogen-bond donors (Lipinski definition) is 7. The first-order valence-corrected chi connectivity index (χ1v) is 13.6. The van der Waals surface area contributed by atoms with Crippen molar-refractivity contribution in [1.29, 1.82) is 0 Å². The number of hydrogen-bond acceptors (Lipinski definition) is 19. The van der Waals surface area contributed by atoms with Crippen LogP contribution in [0.5, 0.6) is 0 Å². The zero-order chi connectivity index (χ0) is 28.0. The summed E-state index contributed by atoms with van der Waals surface area (Å²) in [4.78, 5) is 35.9. The number of ether oxygens (including phenoxy) is 2. The Morgan fingerprint density at radius 2 is 1.57 bits per heavy atom. The van der Waals surface area contributed by atoms with Crippen LogP contribution in [0.25, 0.3) is 11.2 Å². The average Bonchev–Trinajstić information content (AvgIpc) is 3.39. The molecule has 2 fully saturated rings. The van der Waals surface area contributed by atoms with Crippen LogP contribution in [0.3, 0.4) is 0 Å². The molecule has 0 spiro atoms. The quantitative estimate of drug-likeness (QED) is 0.0995. The Morgan fingerprint density at radius 3 is 2.23 bits per heavy atom. The van der Waals surface area contributed by atoms with Crippen LogP contribution in [-0.4, -0.2) is 112 Å². The molecule has 0 saturated carbocycles. The van der Waals surface area contributed by atoms with Crippen molar-refractivity contribution in [1.82, 2.24) is 19.5 Å². The second-order valence-electron chi connectivity index (χ2n) is 8.20. The molecule has 0 aromatic carbocycles. The van der Waals surface area contributed by atoms with Crippen molar-refractivity contribution >= 4 is 32.6 Å². The number of fused-ring (bicyclic) bond motifs is 1. The Balaban J connectivity index is 0.00000280. The normalized spacial score (nSPS) is 35.4. The van der Waals surface area contributed by atoms with Crippen molar-refractivity contribution in [2.24, 2.45) is 0 Å². The number of anilines is 1. The van der Waals surface area contributed by atoms with Crippen LogP contribution in [0.15, 0.2) is 12.7 Å². The molecule has 0 radical (unpaired) electrons. The third-order valence-corrected chi connectivity index (χ3v) is 8.21. The second kappa shape index (κ2) is 14.4. The van der Waals surface area contributed by atoms with Gasteiger partial charge in [-0.25, -0.2) is 19.3 Å². The summed E-state index contributed by atoms with van der Waals surface area (Å²) < 4.78 is 48.4. The SMILES string of the molecule is Nc1ncnc2c1ncn2[C@@H]1O[C@H](COP(=O)([O-])OP(=O)([O-])OC2O[C@H](CO)[C@@H](O)[C@H](O)[C@H]2O)[C@@H](O)[C@H]1O.[Na+].[Na+]. The number of aliphatic hydroxyl groups is 6. The van der Waals surface area contributed by atoms with Gasteiger partial charge in [0.05, 0.1) is 19.5 Å². The molecule has 20 nitrogen and oxygen atoms in total. The standard InChI is InChI=1S/C16H25N5O15P2.2Na/c17-13-7-14(19-3-18-13)21(4-20-7)15-11(26)9(24)6(33-15)2-32-37(28,29)36-38(30,31)35-16-12(27)10(25)8(23)5(1-22)34-16;;/h3-6,8-12,15-16,22-27H,1-2H2,(H,28,29)(H,30,31)(H2,17,18,19);;/q;2*+1/p-2/t5-,6-,8-,9-,10+,11-,12-,15-,16?;;/m1../s1. The Labute approximate surface area is 268 Å². The molecule has 214 valence electrons. The third kappa shape index (κ3) is 7.86. The number of phosphoric acid groups is 2. The summed E-state index contributed by atoms with van der Waals surface area (Å²) in [5, 5.41) is 59.1. The van der Waals surface area contributed by atoms with Gasteiger partial charge in [0.2, 0.25) is 0 Å². The van der Waals surface area contributed by atoms with Crippen LogP contribution >= 0.6 is 15.6 Å². The first-order chi connectivity index (χ1) is 17.7. The molecule has 11 atom stereocenters. The Bertz CT molecular complexity index is 1240. The predicted octanol–water partition coefficient (Wildman–Crippen LogP) is -11.2. The number of rotatable bonds is 9. The monoisotopic (exact) mass is 633 g/mol. The minimum absolute atomic E-state index is 0. The van der Waals surface area contributed by atoms with Crippen molar-refractivity contribution in [2.45, 2.75) is 55.2 Å². The summed E-state index contributed by atoms with van der Waals surface area (Å²) >= 11 is 0. The van der Waals surface area contributed by atoms with E-state index in [1.165, 1.54) is 10.9 Å². The van der Waals surface area contributed by atoms with Crippen molar-refractivity contribution in [3.05, 3.63) is 12.7 Å². The van der Waals surface area contributed by atoms with Crippen molar-refractivity contribution in [2.75, 3.05) is 18.9 Å². The Kier molecular flexibility index (Phi) is 13.1. The van der Waals surface area contributed by atoms with Crippen LogP contribution in [-0.2, 0) is 32.0 Å². The Morgan fingerprint density at radius 1 is 0.925 bits per heavy atom. The van der Waals surface area contributed by atoms with Crippen LogP contribution in [0.1, 0.15) is 6.23 Å². The van der Waals surface area contributed by atoms with Gasteiger partial charge < -0.3 is 60.2 Å². The summed E-state index contributed by atoms with van der Waals surface area (Å²) in [6, 6.07) is 0. The van der Waals surface area contributed by atoms with Crippen molar-refractivity contribution in [3.63, 3.8) is 0 Å². The molecule has 2 aliphatic heterocycles. The molecular weight excluding hydrogens is 610 g/mol.